The molecule has 19 heteroatoms. The standard InChI is InChI=1S/C42H40N14O5/c1-25-47-30-10-8-28(12-17-42(59)14-5-4-6-15-42)22-32(30)55(25)40-46-24-45-39(51-40)50-34-23-54(19-20-60-34)36(57)35-29-9-7-27(11-16-41(3,58)37-48-26(2)61-53-37)21-31(29)56(52-35)33-13-18-44-38(43)49-33/h7-10,13,18,21-22,24,34,58-59H,4-6,14-15,19-20,23H2,1-3H3,(H2,43,44,49)(H,45,46,50,51). The Morgan fingerprint density at radius 1 is 0.984 bits per heavy atom. The van der Waals surface area contributed by atoms with Crippen molar-refractivity contribution >= 4 is 39.7 Å². The summed E-state index contributed by atoms with van der Waals surface area (Å²) in [5.41, 5.74) is 6.73. The molecule has 0 spiro atoms. The maximum Gasteiger partial charge on any atom is 0.275 e. The number of hydrogen-bond acceptors (Lipinski definition) is 16. The molecular formula is C42H40N14O5. The molecule has 2 atom stereocenters. The van der Waals surface area contributed by atoms with E-state index < -0.39 is 17.4 Å². The van der Waals surface area contributed by atoms with Crippen LogP contribution in [0.3, 0.4) is 0 Å². The number of fused-ring (bicyclic) bond motifs is 2. The van der Waals surface area contributed by atoms with Gasteiger partial charge in [-0.3, -0.25) is 9.36 Å². The first-order chi connectivity index (χ1) is 29.4. The topological polar surface area (TPSA) is 247 Å². The number of nitrogen functional groups attached to an aromatic ring is 1. The number of imidazole rings is 1. The number of benzene rings is 2. The zero-order valence-electron chi connectivity index (χ0n) is 33.5. The highest BCUT2D eigenvalue weighted by atomic mass is 16.5. The van der Waals surface area contributed by atoms with Crippen LogP contribution >= 0.6 is 0 Å². The highest BCUT2D eigenvalue weighted by Crippen LogP contribution is 2.29. The molecule has 6 heterocycles. The van der Waals surface area contributed by atoms with E-state index in [1.165, 1.54) is 24.1 Å². The molecule has 1 aliphatic carbocycles. The molecule has 7 aromatic rings. The molecule has 1 saturated heterocycles. The van der Waals surface area contributed by atoms with E-state index in [0.717, 1.165) is 35.9 Å². The van der Waals surface area contributed by atoms with Crippen LogP contribution in [0.15, 0.2) is 59.5 Å². The van der Waals surface area contributed by atoms with Crippen LogP contribution in [0, 0.1) is 37.5 Å². The second kappa shape index (κ2) is 15.7. The molecule has 1 aliphatic heterocycles. The lowest BCUT2D eigenvalue weighted by atomic mass is 9.85. The van der Waals surface area contributed by atoms with Gasteiger partial charge in [0.25, 0.3) is 5.91 Å². The van der Waals surface area contributed by atoms with Crippen molar-refractivity contribution in [2.24, 2.45) is 0 Å². The highest BCUT2D eigenvalue weighted by Gasteiger charge is 2.31. The van der Waals surface area contributed by atoms with Gasteiger partial charge in [-0.05, 0) is 75.9 Å². The molecule has 1 saturated carbocycles. The van der Waals surface area contributed by atoms with Crippen LogP contribution in [-0.4, -0.2) is 107 Å². The summed E-state index contributed by atoms with van der Waals surface area (Å²) in [7, 11) is 0. The van der Waals surface area contributed by atoms with E-state index in [2.05, 4.69) is 59.1 Å². The van der Waals surface area contributed by atoms with Gasteiger partial charge < -0.3 is 35.4 Å². The van der Waals surface area contributed by atoms with Crippen LogP contribution in [0.25, 0.3) is 33.7 Å². The number of aryl methyl sites for hydroxylation is 2. The Bertz CT molecular complexity index is 2940. The third-order valence-electron chi connectivity index (χ3n) is 10.5. The predicted molar refractivity (Wildman–Crippen MR) is 220 cm³/mol. The number of aromatic nitrogens is 11. The fourth-order valence-electron chi connectivity index (χ4n) is 7.41. The maximum atomic E-state index is 14.3. The largest absolute Gasteiger partial charge is 0.378 e. The zero-order chi connectivity index (χ0) is 42.3. The fourth-order valence-corrected chi connectivity index (χ4v) is 7.41. The van der Waals surface area contributed by atoms with E-state index in [0.29, 0.717) is 59.3 Å². The van der Waals surface area contributed by atoms with E-state index in [-0.39, 0.29) is 42.5 Å². The van der Waals surface area contributed by atoms with Crippen molar-refractivity contribution in [3.05, 3.63) is 89.3 Å². The summed E-state index contributed by atoms with van der Waals surface area (Å²) in [6, 6.07) is 12.5. The van der Waals surface area contributed by atoms with Crippen molar-refractivity contribution in [3.63, 3.8) is 0 Å². The lowest BCUT2D eigenvalue weighted by Crippen LogP contribution is -2.48. The minimum absolute atomic E-state index is 0.0286. The van der Waals surface area contributed by atoms with Gasteiger partial charge in [0.2, 0.25) is 29.6 Å². The smallest absolute Gasteiger partial charge is 0.275 e. The Labute approximate surface area is 348 Å². The summed E-state index contributed by atoms with van der Waals surface area (Å²) in [5, 5.41) is 34.2. The average molecular weight is 821 g/mol. The lowest BCUT2D eigenvalue weighted by molar-refractivity contribution is -0.00865. The number of ether oxygens (including phenoxy) is 1. The van der Waals surface area contributed by atoms with Crippen LogP contribution < -0.4 is 11.1 Å². The summed E-state index contributed by atoms with van der Waals surface area (Å²) in [6.07, 6.45) is 6.61. The van der Waals surface area contributed by atoms with Crippen molar-refractivity contribution in [1.29, 1.82) is 0 Å². The van der Waals surface area contributed by atoms with Crippen LogP contribution in [0.5, 0.6) is 0 Å². The molecule has 2 unspecified atom stereocenters. The van der Waals surface area contributed by atoms with E-state index in [1.54, 1.807) is 36.1 Å². The molecule has 1 amide bonds. The zero-order valence-corrected chi connectivity index (χ0v) is 33.5. The van der Waals surface area contributed by atoms with Gasteiger partial charge in [0.15, 0.2) is 17.1 Å². The maximum absolute atomic E-state index is 14.3. The van der Waals surface area contributed by atoms with E-state index >= 15 is 0 Å². The molecule has 61 heavy (non-hydrogen) atoms. The summed E-state index contributed by atoms with van der Waals surface area (Å²) in [6.45, 7) is 5.62. The number of nitrogens with one attached hydrogen (secondary N) is 1. The molecule has 2 aromatic carbocycles. The monoisotopic (exact) mass is 820 g/mol. The van der Waals surface area contributed by atoms with Gasteiger partial charge in [-0.2, -0.15) is 20.1 Å². The molecule has 2 aliphatic rings. The number of carbonyl (C=O) groups is 1. The number of hydrogen-bond donors (Lipinski definition) is 4. The van der Waals surface area contributed by atoms with Gasteiger partial charge in [0, 0.05) is 42.2 Å². The second-order valence-electron chi connectivity index (χ2n) is 15.1. The summed E-state index contributed by atoms with van der Waals surface area (Å²) in [4.78, 5) is 46.6. The van der Waals surface area contributed by atoms with Crippen LogP contribution in [0.2, 0.25) is 0 Å². The number of anilines is 2. The Morgan fingerprint density at radius 3 is 2.59 bits per heavy atom. The average Bonchev–Trinajstić information content (AvgIpc) is 3.97. The predicted octanol–water partition coefficient (Wildman–Crippen LogP) is 3.14. The minimum Gasteiger partial charge on any atom is -0.378 e. The van der Waals surface area contributed by atoms with Crippen molar-refractivity contribution < 1.29 is 24.3 Å². The fraction of sp³-hybridized carbons (Fsp3) is 0.333. The van der Waals surface area contributed by atoms with E-state index in [9.17, 15) is 15.0 Å². The molecule has 2 fully saturated rings. The number of rotatable bonds is 6. The molecule has 0 radical (unpaired) electrons. The minimum atomic E-state index is -1.69. The van der Waals surface area contributed by atoms with Crippen LogP contribution in [-0.2, 0) is 10.3 Å². The molecule has 5 N–H and O–H groups in total. The van der Waals surface area contributed by atoms with Crippen molar-refractivity contribution in [3.8, 4) is 35.4 Å². The first-order valence-corrected chi connectivity index (χ1v) is 19.7. The quantitative estimate of drug-likeness (QED) is 0.176. The van der Waals surface area contributed by atoms with Gasteiger partial charge in [-0.1, -0.05) is 35.3 Å². The summed E-state index contributed by atoms with van der Waals surface area (Å²) in [5.74, 6) is 13.6. The molecule has 308 valence electrons. The number of morpholine rings is 1. The van der Waals surface area contributed by atoms with Crippen molar-refractivity contribution in [1.82, 2.24) is 59.3 Å². The first kappa shape index (κ1) is 39.2. The van der Waals surface area contributed by atoms with Gasteiger partial charge in [-0.25, -0.2) is 24.6 Å². The number of nitrogens with two attached hydrogens (primary N) is 1. The molecule has 9 rings (SSSR count). The second-order valence-corrected chi connectivity index (χ2v) is 15.1. The van der Waals surface area contributed by atoms with Crippen LogP contribution in [0.4, 0.5) is 11.9 Å². The SMILES string of the molecule is Cc1nc(C(C)(O)C#Cc2ccc3c(C(=O)N4CCOC(Nc5ncnc(-n6c(C)nc7ccc(C#CC8(O)CCCCC8)cc76)n5)C4)nn(-c4ccnc(N)n4)c3c2)no1. The van der Waals surface area contributed by atoms with Crippen molar-refractivity contribution in [2.75, 3.05) is 30.7 Å². The molecular weight excluding hydrogens is 781 g/mol. The number of carbonyl (C=O) groups excluding carboxylic acids is 1. The Morgan fingerprint density at radius 2 is 1.79 bits per heavy atom. The van der Waals surface area contributed by atoms with Gasteiger partial charge >= 0.3 is 0 Å². The Hall–Kier alpha value is -7.32. The van der Waals surface area contributed by atoms with Crippen LogP contribution in [0.1, 0.15) is 78.2 Å². The number of aliphatic hydroxyl groups is 2. The summed E-state index contributed by atoms with van der Waals surface area (Å²) >= 11 is 0. The van der Waals surface area contributed by atoms with E-state index in [4.69, 9.17) is 30.1 Å². The first-order valence-electron chi connectivity index (χ1n) is 19.7. The highest BCUT2D eigenvalue weighted by molar-refractivity contribution is 6.05. The van der Waals surface area contributed by atoms with Crippen molar-refractivity contribution in [2.45, 2.75) is 70.3 Å². The Kier molecular flexibility index (Phi) is 10.1. The molecule has 0 bridgehead atoms. The third kappa shape index (κ3) is 8.05. The summed E-state index contributed by atoms with van der Waals surface area (Å²) < 4.78 is 14.4. The number of nitrogens with zero attached hydrogens (tertiary/aromatic N) is 12. The lowest BCUT2D eigenvalue weighted by Gasteiger charge is -2.32. The molecule has 5 aromatic heterocycles. The van der Waals surface area contributed by atoms with E-state index in [1.807, 2.05) is 29.7 Å². The normalized spacial score (nSPS) is 17.3. The number of amides is 1. The third-order valence-corrected chi connectivity index (χ3v) is 10.5. The van der Waals surface area contributed by atoms with Gasteiger partial charge in [0.05, 0.1) is 29.7 Å². The van der Waals surface area contributed by atoms with Gasteiger partial charge in [0.1, 0.15) is 24.0 Å². The Balaban J connectivity index is 0.964. The molecule has 19 nitrogen and oxygen atoms in total. The van der Waals surface area contributed by atoms with Gasteiger partial charge in [-0.15, -0.1) is 0 Å².